The molecule has 3 nitrogen and oxygen atoms in total. The van der Waals surface area contributed by atoms with Gasteiger partial charge in [0.2, 0.25) is 0 Å². The van der Waals surface area contributed by atoms with Gasteiger partial charge in [0, 0.05) is 35.3 Å². The molecule has 1 aromatic rings. The number of carbonyl (C=O) groups is 1. The maximum Gasteiger partial charge on any atom is 0.254 e. The topological polar surface area (TPSA) is 32.3 Å². The van der Waals surface area contributed by atoms with E-state index in [1.807, 2.05) is 17.0 Å². The summed E-state index contributed by atoms with van der Waals surface area (Å²) in [6.07, 6.45) is 0. The molecule has 0 aromatic heterocycles. The van der Waals surface area contributed by atoms with Crippen LogP contribution in [0.3, 0.4) is 0 Å². The van der Waals surface area contributed by atoms with Crippen LogP contribution in [0.5, 0.6) is 0 Å². The third kappa shape index (κ3) is 2.85. The number of rotatable bonds is 1. The zero-order valence-electron chi connectivity index (χ0n) is 11.0. The van der Waals surface area contributed by atoms with Gasteiger partial charge >= 0.3 is 0 Å². The Bertz CT molecular complexity index is 459. The number of nitrogens with zero attached hydrogens (tertiary/aromatic N) is 1. The minimum Gasteiger partial charge on any atom is -0.333 e. The van der Waals surface area contributed by atoms with Crippen LogP contribution in [0, 0.1) is 0 Å². The van der Waals surface area contributed by atoms with Crippen molar-refractivity contribution in [2.24, 2.45) is 0 Å². The number of nitrogens with one attached hydrogen (secondary N) is 1. The first-order valence-corrected chi connectivity index (χ1v) is 6.58. The van der Waals surface area contributed by atoms with Gasteiger partial charge in [-0.2, -0.15) is 0 Å². The van der Waals surface area contributed by atoms with Gasteiger partial charge in [-0.1, -0.05) is 17.7 Å². The maximum absolute atomic E-state index is 12.5. The standard InChI is InChI=1S/C14H19ClN2O/c1-10-8-16-14(2,3)9-17(10)13(18)11-5-4-6-12(15)7-11/h4-7,10,16H,8-9H2,1-3H3. The van der Waals surface area contributed by atoms with Crippen molar-refractivity contribution in [3.8, 4) is 0 Å². The molecule has 98 valence electrons. The zero-order valence-corrected chi connectivity index (χ0v) is 11.8. The van der Waals surface area contributed by atoms with Gasteiger partial charge in [0.25, 0.3) is 5.91 Å². The number of piperazine rings is 1. The van der Waals surface area contributed by atoms with E-state index in [4.69, 9.17) is 11.6 Å². The van der Waals surface area contributed by atoms with Crippen LogP contribution in [-0.2, 0) is 0 Å². The number of carbonyl (C=O) groups excluding carboxylic acids is 1. The van der Waals surface area contributed by atoms with Gasteiger partial charge < -0.3 is 10.2 Å². The summed E-state index contributed by atoms with van der Waals surface area (Å²) >= 11 is 5.94. The summed E-state index contributed by atoms with van der Waals surface area (Å²) in [5.41, 5.74) is 0.618. The Morgan fingerprint density at radius 2 is 2.22 bits per heavy atom. The van der Waals surface area contributed by atoms with Crippen LogP contribution in [0.1, 0.15) is 31.1 Å². The molecule has 0 aliphatic carbocycles. The van der Waals surface area contributed by atoms with Crippen molar-refractivity contribution < 1.29 is 4.79 Å². The Balaban J connectivity index is 2.22. The molecule has 1 aromatic carbocycles. The van der Waals surface area contributed by atoms with Crippen LogP contribution in [0.2, 0.25) is 5.02 Å². The van der Waals surface area contributed by atoms with Gasteiger partial charge in [0.1, 0.15) is 0 Å². The molecule has 18 heavy (non-hydrogen) atoms. The van der Waals surface area contributed by atoms with Crippen molar-refractivity contribution in [1.29, 1.82) is 0 Å². The highest BCUT2D eigenvalue weighted by atomic mass is 35.5. The van der Waals surface area contributed by atoms with Crippen molar-refractivity contribution in [3.05, 3.63) is 34.9 Å². The van der Waals surface area contributed by atoms with Crippen LogP contribution >= 0.6 is 11.6 Å². The summed E-state index contributed by atoms with van der Waals surface area (Å²) in [5, 5.41) is 4.04. The molecule has 1 N–H and O–H groups in total. The first-order valence-electron chi connectivity index (χ1n) is 6.21. The number of benzene rings is 1. The average Bonchev–Trinajstić information content (AvgIpc) is 2.31. The predicted molar refractivity (Wildman–Crippen MR) is 74.0 cm³/mol. The minimum absolute atomic E-state index is 0.0409. The van der Waals surface area contributed by atoms with Gasteiger partial charge in [0.05, 0.1) is 0 Å². The van der Waals surface area contributed by atoms with E-state index in [-0.39, 0.29) is 17.5 Å². The monoisotopic (exact) mass is 266 g/mol. The van der Waals surface area contributed by atoms with Gasteiger partial charge in [0.15, 0.2) is 0 Å². The molecule has 1 amide bonds. The van der Waals surface area contributed by atoms with Crippen molar-refractivity contribution in [1.82, 2.24) is 10.2 Å². The largest absolute Gasteiger partial charge is 0.333 e. The second-order valence-electron chi connectivity index (χ2n) is 5.56. The Kier molecular flexibility index (Phi) is 3.64. The smallest absolute Gasteiger partial charge is 0.254 e. The van der Waals surface area contributed by atoms with Crippen LogP contribution in [-0.4, -0.2) is 35.5 Å². The molecule has 1 unspecified atom stereocenters. The molecule has 0 saturated carbocycles. The maximum atomic E-state index is 12.5. The van der Waals surface area contributed by atoms with Crippen LogP contribution < -0.4 is 5.32 Å². The van der Waals surface area contributed by atoms with E-state index in [9.17, 15) is 4.79 Å². The highest BCUT2D eigenvalue weighted by Gasteiger charge is 2.33. The van der Waals surface area contributed by atoms with E-state index in [0.717, 1.165) is 6.54 Å². The third-order valence-corrected chi connectivity index (χ3v) is 3.54. The first kappa shape index (κ1) is 13.4. The van der Waals surface area contributed by atoms with E-state index in [1.54, 1.807) is 12.1 Å². The fraction of sp³-hybridized carbons (Fsp3) is 0.500. The Hall–Kier alpha value is -1.06. The van der Waals surface area contributed by atoms with Gasteiger partial charge in [-0.25, -0.2) is 0 Å². The molecule has 1 aliphatic heterocycles. The van der Waals surface area contributed by atoms with Gasteiger partial charge in [-0.15, -0.1) is 0 Å². The molecule has 1 saturated heterocycles. The summed E-state index contributed by atoms with van der Waals surface area (Å²) in [6, 6.07) is 7.34. The molecule has 0 spiro atoms. The lowest BCUT2D eigenvalue weighted by Gasteiger charge is -2.43. The van der Waals surface area contributed by atoms with E-state index >= 15 is 0 Å². The first-order chi connectivity index (χ1) is 8.39. The fourth-order valence-electron chi connectivity index (χ4n) is 2.23. The molecule has 2 rings (SSSR count). The lowest BCUT2D eigenvalue weighted by atomic mass is 9.98. The van der Waals surface area contributed by atoms with Crippen LogP contribution in [0.4, 0.5) is 0 Å². The summed E-state index contributed by atoms with van der Waals surface area (Å²) in [7, 11) is 0. The molecule has 0 bridgehead atoms. The molecule has 4 heteroatoms. The number of amides is 1. The van der Waals surface area contributed by atoms with Gasteiger partial charge in [-0.05, 0) is 39.0 Å². The summed E-state index contributed by atoms with van der Waals surface area (Å²) in [4.78, 5) is 14.4. The van der Waals surface area contributed by atoms with Crippen molar-refractivity contribution in [2.75, 3.05) is 13.1 Å². The molecule has 0 radical (unpaired) electrons. The molecule has 1 heterocycles. The third-order valence-electron chi connectivity index (χ3n) is 3.31. The van der Waals surface area contributed by atoms with E-state index in [2.05, 4.69) is 26.1 Å². The molecule has 1 atom stereocenters. The highest BCUT2D eigenvalue weighted by Crippen LogP contribution is 2.19. The second kappa shape index (κ2) is 4.90. The predicted octanol–water partition coefficient (Wildman–Crippen LogP) is 2.55. The summed E-state index contributed by atoms with van der Waals surface area (Å²) < 4.78 is 0. The number of halogens is 1. The normalized spacial score (nSPS) is 22.9. The SMILES string of the molecule is CC1CNC(C)(C)CN1C(=O)c1cccc(Cl)c1. The minimum atomic E-state index is -0.0409. The summed E-state index contributed by atoms with van der Waals surface area (Å²) in [6.45, 7) is 7.80. The Morgan fingerprint density at radius 3 is 2.89 bits per heavy atom. The van der Waals surface area contributed by atoms with Crippen molar-refractivity contribution in [2.45, 2.75) is 32.4 Å². The average molecular weight is 267 g/mol. The van der Waals surface area contributed by atoms with E-state index in [0.29, 0.717) is 17.1 Å². The van der Waals surface area contributed by atoms with E-state index < -0.39 is 0 Å². The van der Waals surface area contributed by atoms with Crippen molar-refractivity contribution in [3.63, 3.8) is 0 Å². The van der Waals surface area contributed by atoms with Crippen LogP contribution in [0.15, 0.2) is 24.3 Å². The fourth-order valence-corrected chi connectivity index (χ4v) is 2.42. The quantitative estimate of drug-likeness (QED) is 0.847. The zero-order chi connectivity index (χ0) is 13.3. The number of hydrogen-bond acceptors (Lipinski definition) is 2. The lowest BCUT2D eigenvalue weighted by Crippen LogP contribution is -2.62. The second-order valence-corrected chi connectivity index (χ2v) is 5.99. The van der Waals surface area contributed by atoms with Crippen molar-refractivity contribution >= 4 is 17.5 Å². The highest BCUT2D eigenvalue weighted by molar-refractivity contribution is 6.30. The molecule has 1 fully saturated rings. The van der Waals surface area contributed by atoms with E-state index in [1.165, 1.54) is 0 Å². The summed E-state index contributed by atoms with van der Waals surface area (Å²) in [5.74, 6) is 0.0552. The Morgan fingerprint density at radius 1 is 1.50 bits per heavy atom. The Labute approximate surface area is 113 Å². The molecular weight excluding hydrogens is 248 g/mol. The lowest BCUT2D eigenvalue weighted by molar-refractivity contribution is 0.0533. The van der Waals surface area contributed by atoms with Gasteiger partial charge in [-0.3, -0.25) is 4.79 Å². The molecule has 1 aliphatic rings. The molecular formula is C14H19ClN2O. The number of hydrogen-bond donors (Lipinski definition) is 1. The van der Waals surface area contributed by atoms with Crippen LogP contribution in [0.25, 0.3) is 0 Å².